The van der Waals surface area contributed by atoms with Crippen LogP contribution in [0.2, 0.25) is 0 Å². The third kappa shape index (κ3) is 4.89. The third-order valence-corrected chi connectivity index (χ3v) is 3.46. The van der Waals surface area contributed by atoms with Crippen LogP contribution in [0.5, 0.6) is 0 Å². The number of carbonyl (C=O) groups is 1. The SMILES string of the molecule is Cl.O=C(Cc1cccs1)NCC1=CCNCC1. The van der Waals surface area contributed by atoms with Crippen LogP contribution in [0.25, 0.3) is 0 Å². The van der Waals surface area contributed by atoms with E-state index in [1.54, 1.807) is 11.3 Å². The molecular weight excluding hydrogens is 256 g/mol. The maximum atomic E-state index is 11.6. The number of carbonyl (C=O) groups excluding carboxylic acids is 1. The Morgan fingerprint density at radius 3 is 3.06 bits per heavy atom. The van der Waals surface area contributed by atoms with E-state index in [1.165, 1.54) is 5.57 Å². The molecule has 0 unspecified atom stereocenters. The summed E-state index contributed by atoms with van der Waals surface area (Å²) in [5.74, 6) is 0.113. The van der Waals surface area contributed by atoms with Crippen molar-refractivity contribution in [1.29, 1.82) is 0 Å². The average molecular weight is 273 g/mol. The van der Waals surface area contributed by atoms with Gasteiger partial charge in [0.05, 0.1) is 6.42 Å². The molecule has 0 atom stereocenters. The molecule has 1 aromatic rings. The first-order chi connectivity index (χ1) is 7.84. The molecule has 0 aromatic carbocycles. The van der Waals surface area contributed by atoms with Gasteiger partial charge in [0.2, 0.25) is 5.91 Å². The molecule has 0 aliphatic carbocycles. The first-order valence-corrected chi connectivity index (χ1v) is 6.40. The van der Waals surface area contributed by atoms with E-state index in [1.807, 2.05) is 17.5 Å². The number of hydrogen-bond acceptors (Lipinski definition) is 3. The van der Waals surface area contributed by atoms with Crippen LogP contribution in [0.4, 0.5) is 0 Å². The van der Waals surface area contributed by atoms with Crippen molar-refractivity contribution in [2.45, 2.75) is 12.8 Å². The molecule has 0 radical (unpaired) electrons. The summed E-state index contributed by atoms with van der Waals surface area (Å²) >= 11 is 1.63. The minimum absolute atomic E-state index is 0. The molecule has 0 fully saturated rings. The maximum absolute atomic E-state index is 11.6. The standard InChI is InChI=1S/C12H16N2OS.ClH/c15-12(8-11-2-1-7-16-11)14-9-10-3-5-13-6-4-10;/h1-3,7,13H,4-6,8-9H2,(H,14,15);1H. The van der Waals surface area contributed by atoms with Crippen molar-refractivity contribution in [3.8, 4) is 0 Å². The minimum Gasteiger partial charge on any atom is -0.352 e. The fourth-order valence-corrected chi connectivity index (χ4v) is 2.38. The second-order valence-electron chi connectivity index (χ2n) is 3.85. The molecular formula is C12H17ClN2OS. The van der Waals surface area contributed by atoms with Crippen LogP contribution in [0.15, 0.2) is 29.2 Å². The highest BCUT2D eigenvalue weighted by atomic mass is 35.5. The van der Waals surface area contributed by atoms with Gasteiger partial charge in [-0.25, -0.2) is 0 Å². The van der Waals surface area contributed by atoms with Crippen molar-refractivity contribution in [3.63, 3.8) is 0 Å². The smallest absolute Gasteiger partial charge is 0.225 e. The summed E-state index contributed by atoms with van der Waals surface area (Å²) < 4.78 is 0. The van der Waals surface area contributed by atoms with Gasteiger partial charge in [-0.3, -0.25) is 4.79 Å². The summed E-state index contributed by atoms with van der Waals surface area (Å²) in [7, 11) is 0. The molecule has 2 heterocycles. The Bertz CT molecular complexity index is 376. The van der Waals surface area contributed by atoms with E-state index in [-0.39, 0.29) is 18.3 Å². The third-order valence-electron chi connectivity index (χ3n) is 2.59. The summed E-state index contributed by atoms with van der Waals surface area (Å²) in [4.78, 5) is 12.7. The van der Waals surface area contributed by atoms with Gasteiger partial charge in [-0.2, -0.15) is 0 Å². The zero-order valence-electron chi connectivity index (χ0n) is 9.57. The van der Waals surface area contributed by atoms with Gasteiger partial charge in [0.25, 0.3) is 0 Å². The summed E-state index contributed by atoms with van der Waals surface area (Å²) in [6.07, 6.45) is 3.71. The van der Waals surface area contributed by atoms with E-state index in [9.17, 15) is 4.79 Å². The predicted molar refractivity (Wildman–Crippen MR) is 73.9 cm³/mol. The van der Waals surface area contributed by atoms with Crippen LogP contribution in [-0.4, -0.2) is 25.5 Å². The lowest BCUT2D eigenvalue weighted by Gasteiger charge is -2.14. The Morgan fingerprint density at radius 2 is 2.41 bits per heavy atom. The fourth-order valence-electron chi connectivity index (χ4n) is 1.68. The molecule has 3 nitrogen and oxygen atoms in total. The second kappa shape index (κ2) is 7.48. The van der Waals surface area contributed by atoms with Gasteiger partial charge in [-0.15, -0.1) is 23.7 Å². The zero-order valence-corrected chi connectivity index (χ0v) is 11.2. The molecule has 0 spiro atoms. The lowest BCUT2D eigenvalue weighted by atomic mass is 10.1. The molecule has 1 amide bonds. The molecule has 2 rings (SSSR count). The summed E-state index contributed by atoms with van der Waals surface area (Å²) in [6, 6.07) is 3.97. The number of rotatable bonds is 4. The monoisotopic (exact) mass is 272 g/mol. The van der Waals surface area contributed by atoms with Gasteiger partial charge >= 0.3 is 0 Å². The highest BCUT2D eigenvalue weighted by molar-refractivity contribution is 7.10. The molecule has 1 aliphatic rings. The first kappa shape index (κ1) is 14.2. The Balaban J connectivity index is 0.00000144. The molecule has 17 heavy (non-hydrogen) atoms. The van der Waals surface area contributed by atoms with Crippen LogP contribution in [0, 0.1) is 0 Å². The number of hydrogen-bond donors (Lipinski definition) is 2. The lowest BCUT2D eigenvalue weighted by Crippen LogP contribution is -2.30. The molecule has 0 saturated heterocycles. The maximum Gasteiger partial charge on any atom is 0.225 e. The highest BCUT2D eigenvalue weighted by Crippen LogP contribution is 2.09. The van der Waals surface area contributed by atoms with Crippen LogP contribution in [-0.2, 0) is 11.2 Å². The molecule has 2 N–H and O–H groups in total. The Morgan fingerprint density at radius 1 is 1.53 bits per heavy atom. The van der Waals surface area contributed by atoms with Gasteiger partial charge in [-0.05, 0) is 24.4 Å². The molecule has 5 heteroatoms. The van der Waals surface area contributed by atoms with E-state index in [0.717, 1.165) is 24.4 Å². The van der Waals surface area contributed by atoms with Crippen molar-refractivity contribution in [1.82, 2.24) is 10.6 Å². The van der Waals surface area contributed by atoms with Gasteiger partial charge in [0, 0.05) is 18.0 Å². The molecule has 0 saturated carbocycles. The van der Waals surface area contributed by atoms with Gasteiger partial charge in [0.1, 0.15) is 0 Å². The molecule has 0 bridgehead atoms. The number of nitrogens with one attached hydrogen (secondary N) is 2. The Hall–Kier alpha value is -0.840. The Kier molecular flexibility index (Phi) is 6.26. The van der Waals surface area contributed by atoms with Crippen molar-refractivity contribution < 1.29 is 4.79 Å². The minimum atomic E-state index is 0. The topological polar surface area (TPSA) is 41.1 Å². The van der Waals surface area contributed by atoms with Crippen molar-refractivity contribution in [3.05, 3.63) is 34.0 Å². The van der Waals surface area contributed by atoms with Crippen LogP contribution < -0.4 is 10.6 Å². The van der Waals surface area contributed by atoms with Crippen molar-refractivity contribution >= 4 is 29.7 Å². The number of amides is 1. The quantitative estimate of drug-likeness (QED) is 0.820. The van der Waals surface area contributed by atoms with Crippen molar-refractivity contribution in [2.24, 2.45) is 0 Å². The van der Waals surface area contributed by atoms with E-state index < -0.39 is 0 Å². The van der Waals surface area contributed by atoms with Crippen LogP contribution in [0.3, 0.4) is 0 Å². The summed E-state index contributed by atoms with van der Waals surface area (Å²) in [6.45, 7) is 2.65. The zero-order chi connectivity index (χ0) is 11.2. The molecule has 1 aromatic heterocycles. The molecule has 1 aliphatic heterocycles. The molecule has 94 valence electrons. The van der Waals surface area contributed by atoms with Gasteiger partial charge in [-0.1, -0.05) is 17.7 Å². The number of thiophene rings is 1. The van der Waals surface area contributed by atoms with E-state index in [0.29, 0.717) is 13.0 Å². The Labute approximate surface area is 112 Å². The van der Waals surface area contributed by atoms with Crippen LogP contribution in [0.1, 0.15) is 11.3 Å². The normalized spacial score (nSPS) is 14.7. The van der Waals surface area contributed by atoms with Crippen LogP contribution >= 0.6 is 23.7 Å². The second-order valence-corrected chi connectivity index (χ2v) is 4.88. The van der Waals surface area contributed by atoms with Crippen molar-refractivity contribution in [2.75, 3.05) is 19.6 Å². The van der Waals surface area contributed by atoms with E-state index in [4.69, 9.17) is 0 Å². The van der Waals surface area contributed by atoms with Gasteiger partial charge in [0.15, 0.2) is 0 Å². The first-order valence-electron chi connectivity index (χ1n) is 5.52. The van der Waals surface area contributed by atoms with Gasteiger partial charge < -0.3 is 10.6 Å². The highest BCUT2D eigenvalue weighted by Gasteiger charge is 2.06. The fraction of sp³-hybridized carbons (Fsp3) is 0.417. The van der Waals surface area contributed by atoms with E-state index in [2.05, 4.69) is 16.7 Å². The number of halogens is 1. The predicted octanol–water partition coefficient (Wildman–Crippen LogP) is 1.75. The average Bonchev–Trinajstić information content (AvgIpc) is 2.81. The largest absolute Gasteiger partial charge is 0.352 e. The summed E-state index contributed by atoms with van der Waals surface area (Å²) in [5.41, 5.74) is 1.33. The lowest BCUT2D eigenvalue weighted by molar-refractivity contribution is -0.120. The van der Waals surface area contributed by atoms with E-state index >= 15 is 0 Å². The summed E-state index contributed by atoms with van der Waals surface area (Å²) in [5, 5.41) is 8.21.